The van der Waals surface area contributed by atoms with Gasteiger partial charge in [-0.2, -0.15) is 0 Å². The van der Waals surface area contributed by atoms with Gasteiger partial charge in [0.25, 0.3) is 0 Å². The third kappa shape index (κ3) is 1.72. The molecule has 2 rings (SSSR count). The van der Waals surface area contributed by atoms with Crippen molar-refractivity contribution in [3.05, 3.63) is 5.21 Å². The van der Waals surface area contributed by atoms with Crippen LogP contribution in [0.15, 0.2) is 0 Å². The number of hydrogen-bond donors (Lipinski definition) is 0. The highest BCUT2D eigenvalue weighted by molar-refractivity contribution is 5.83. The molecule has 0 aromatic carbocycles. The van der Waals surface area contributed by atoms with Crippen molar-refractivity contribution in [1.29, 1.82) is 0 Å². The zero-order valence-corrected chi connectivity index (χ0v) is 8.68. The molecule has 1 atom stereocenters. The predicted octanol–water partition coefficient (Wildman–Crippen LogP) is 2.56. The summed E-state index contributed by atoms with van der Waals surface area (Å²) < 4.78 is 1.27. The van der Waals surface area contributed by atoms with Crippen LogP contribution in [0.3, 0.4) is 0 Å². The first kappa shape index (κ1) is 9.04. The summed E-state index contributed by atoms with van der Waals surface area (Å²) in [6, 6.07) is 0. The second kappa shape index (κ2) is 3.00. The Morgan fingerprint density at radius 1 is 1.46 bits per heavy atom. The summed E-state index contributed by atoms with van der Waals surface area (Å²) in [6.45, 7) is 5.40. The van der Waals surface area contributed by atoms with E-state index in [0.29, 0.717) is 11.3 Å². The van der Waals surface area contributed by atoms with Crippen molar-refractivity contribution < 1.29 is 4.74 Å². The van der Waals surface area contributed by atoms with Crippen LogP contribution in [0.1, 0.15) is 46.0 Å². The second-order valence-electron chi connectivity index (χ2n) is 5.30. The minimum Gasteiger partial charge on any atom is -0.624 e. The van der Waals surface area contributed by atoms with Gasteiger partial charge in [-0.1, -0.05) is 13.8 Å². The van der Waals surface area contributed by atoms with Crippen LogP contribution in [0, 0.1) is 16.5 Å². The van der Waals surface area contributed by atoms with Gasteiger partial charge < -0.3 is 5.21 Å². The Labute approximate surface area is 80.2 Å². The standard InChI is InChI=1S/C11H19NO/c1-11(2)6-5-10-9(8-11)4-3-7-12(10)13/h9H,3-8H2,1-2H3/t9-/m0/s1. The average molecular weight is 181 g/mol. The third-order valence-electron chi connectivity index (χ3n) is 3.56. The fourth-order valence-corrected chi connectivity index (χ4v) is 2.78. The maximum absolute atomic E-state index is 11.5. The molecule has 2 nitrogen and oxygen atoms in total. The Morgan fingerprint density at radius 3 is 3.00 bits per heavy atom. The number of fused-ring (bicyclic) bond motifs is 1. The smallest absolute Gasteiger partial charge is 0.166 e. The molecule has 0 spiro atoms. The topological polar surface area (TPSA) is 26.1 Å². The van der Waals surface area contributed by atoms with Crippen molar-refractivity contribution in [3.63, 3.8) is 0 Å². The van der Waals surface area contributed by atoms with Crippen molar-refractivity contribution in [2.75, 3.05) is 6.54 Å². The van der Waals surface area contributed by atoms with E-state index in [1.165, 1.54) is 29.7 Å². The van der Waals surface area contributed by atoms with Gasteiger partial charge in [0.15, 0.2) is 12.3 Å². The summed E-state index contributed by atoms with van der Waals surface area (Å²) in [5.74, 6) is 0.606. The molecule has 0 saturated heterocycles. The molecular formula is C11H19NO. The molecule has 74 valence electrons. The minimum absolute atomic E-state index is 0.465. The Hall–Kier alpha value is -0.530. The van der Waals surface area contributed by atoms with E-state index in [1.54, 1.807) is 0 Å². The minimum atomic E-state index is 0.465. The lowest BCUT2D eigenvalue weighted by molar-refractivity contribution is -0.468. The van der Waals surface area contributed by atoms with E-state index >= 15 is 0 Å². The predicted molar refractivity (Wildman–Crippen MR) is 53.9 cm³/mol. The van der Waals surface area contributed by atoms with Crippen LogP contribution in [-0.4, -0.2) is 17.0 Å². The van der Waals surface area contributed by atoms with Crippen LogP contribution in [0.25, 0.3) is 0 Å². The molecule has 0 amide bonds. The van der Waals surface area contributed by atoms with Crippen LogP contribution in [0.4, 0.5) is 0 Å². The van der Waals surface area contributed by atoms with Gasteiger partial charge in [0, 0.05) is 18.8 Å². The Morgan fingerprint density at radius 2 is 2.23 bits per heavy atom. The molecule has 0 aromatic rings. The van der Waals surface area contributed by atoms with Crippen molar-refractivity contribution >= 4 is 5.71 Å². The zero-order valence-electron chi connectivity index (χ0n) is 8.68. The lowest BCUT2D eigenvalue weighted by atomic mass is 9.69. The summed E-state index contributed by atoms with van der Waals surface area (Å²) in [6.07, 6.45) is 5.80. The molecule has 1 aliphatic heterocycles. The lowest BCUT2D eigenvalue weighted by Crippen LogP contribution is -2.38. The molecule has 1 aliphatic carbocycles. The Kier molecular flexibility index (Phi) is 2.09. The van der Waals surface area contributed by atoms with E-state index in [0.717, 1.165) is 19.4 Å². The van der Waals surface area contributed by atoms with E-state index in [1.807, 2.05) is 0 Å². The summed E-state index contributed by atoms with van der Waals surface area (Å²) in [5, 5.41) is 11.5. The summed E-state index contributed by atoms with van der Waals surface area (Å²) >= 11 is 0. The van der Waals surface area contributed by atoms with Crippen molar-refractivity contribution in [2.24, 2.45) is 11.3 Å². The summed E-state index contributed by atoms with van der Waals surface area (Å²) in [7, 11) is 0. The highest BCUT2D eigenvalue weighted by Gasteiger charge is 2.37. The van der Waals surface area contributed by atoms with Gasteiger partial charge >= 0.3 is 0 Å². The first-order valence-corrected chi connectivity index (χ1v) is 5.39. The van der Waals surface area contributed by atoms with E-state index in [2.05, 4.69) is 13.8 Å². The van der Waals surface area contributed by atoms with Crippen LogP contribution in [0.5, 0.6) is 0 Å². The molecule has 0 radical (unpaired) electrons. The molecule has 0 aromatic heterocycles. The van der Waals surface area contributed by atoms with Crippen LogP contribution >= 0.6 is 0 Å². The molecule has 2 aliphatic rings. The quantitative estimate of drug-likeness (QED) is 0.416. The van der Waals surface area contributed by atoms with Crippen LogP contribution in [-0.2, 0) is 0 Å². The fourth-order valence-electron chi connectivity index (χ4n) is 2.78. The molecule has 2 heteroatoms. The summed E-state index contributed by atoms with van der Waals surface area (Å²) in [5.41, 5.74) is 1.66. The van der Waals surface area contributed by atoms with E-state index < -0.39 is 0 Å². The first-order valence-electron chi connectivity index (χ1n) is 5.39. The number of nitrogens with zero attached hydrogens (tertiary/aromatic N) is 1. The van der Waals surface area contributed by atoms with Gasteiger partial charge in [-0.25, -0.2) is 4.74 Å². The maximum Gasteiger partial charge on any atom is 0.166 e. The molecule has 1 fully saturated rings. The Balaban J connectivity index is 2.18. The summed E-state index contributed by atoms with van der Waals surface area (Å²) in [4.78, 5) is 0. The molecular weight excluding hydrogens is 162 g/mol. The van der Waals surface area contributed by atoms with E-state index in [4.69, 9.17) is 0 Å². The molecule has 1 saturated carbocycles. The molecule has 0 N–H and O–H groups in total. The zero-order chi connectivity index (χ0) is 9.47. The lowest BCUT2D eigenvalue weighted by Gasteiger charge is -2.37. The molecule has 0 unspecified atom stereocenters. The largest absolute Gasteiger partial charge is 0.624 e. The normalized spacial score (nSPS) is 32.9. The van der Waals surface area contributed by atoms with Gasteiger partial charge in [0.05, 0.1) is 0 Å². The highest BCUT2D eigenvalue weighted by Crippen LogP contribution is 2.39. The van der Waals surface area contributed by atoms with Crippen LogP contribution < -0.4 is 0 Å². The molecule has 0 bridgehead atoms. The van der Waals surface area contributed by atoms with E-state index in [-0.39, 0.29) is 0 Å². The third-order valence-corrected chi connectivity index (χ3v) is 3.56. The second-order valence-corrected chi connectivity index (χ2v) is 5.30. The average Bonchev–Trinajstić information content (AvgIpc) is 2.02. The van der Waals surface area contributed by atoms with Crippen molar-refractivity contribution in [3.8, 4) is 0 Å². The fraction of sp³-hybridized carbons (Fsp3) is 0.909. The van der Waals surface area contributed by atoms with E-state index in [9.17, 15) is 5.21 Å². The number of rotatable bonds is 0. The molecule has 13 heavy (non-hydrogen) atoms. The maximum atomic E-state index is 11.5. The first-order chi connectivity index (χ1) is 6.08. The highest BCUT2D eigenvalue weighted by atomic mass is 16.5. The van der Waals surface area contributed by atoms with Gasteiger partial charge in [0.2, 0.25) is 0 Å². The SMILES string of the molecule is CC1(C)CCC2=[N+]([O-])CCC[C@H]2C1. The van der Waals surface area contributed by atoms with Crippen LogP contribution in [0.2, 0.25) is 0 Å². The van der Waals surface area contributed by atoms with Gasteiger partial charge in [-0.3, -0.25) is 0 Å². The Bertz CT molecular complexity index is 242. The number of hydroxylamine groups is 1. The monoisotopic (exact) mass is 181 g/mol. The van der Waals surface area contributed by atoms with Gasteiger partial charge in [-0.15, -0.1) is 0 Å². The molecule has 1 heterocycles. The van der Waals surface area contributed by atoms with Gasteiger partial charge in [0.1, 0.15) is 0 Å². The van der Waals surface area contributed by atoms with Crippen molar-refractivity contribution in [1.82, 2.24) is 0 Å². The number of hydrogen-bond acceptors (Lipinski definition) is 1. The van der Waals surface area contributed by atoms with Gasteiger partial charge in [-0.05, 0) is 24.7 Å². The van der Waals surface area contributed by atoms with Crippen molar-refractivity contribution in [2.45, 2.75) is 46.0 Å².